The summed E-state index contributed by atoms with van der Waals surface area (Å²) in [5, 5.41) is 0. The van der Waals surface area contributed by atoms with Gasteiger partial charge in [0.15, 0.2) is 0 Å². The van der Waals surface area contributed by atoms with E-state index >= 15 is 0 Å². The molecule has 32 heavy (non-hydrogen) atoms. The van der Waals surface area contributed by atoms with E-state index in [2.05, 4.69) is 24.3 Å². The summed E-state index contributed by atoms with van der Waals surface area (Å²) >= 11 is 1.58. The van der Waals surface area contributed by atoms with E-state index in [9.17, 15) is 8.78 Å². The number of hydrogen-bond acceptors (Lipinski definition) is 0. The van der Waals surface area contributed by atoms with Crippen molar-refractivity contribution in [3.63, 3.8) is 0 Å². The fourth-order valence-electron chi connectivity index (χ4n) is 3.04. The summed E-state index contributed by atoms with van der Waals surface area (Å²) in [5.74, 6) is -0.374. The van der Waals surface area contributed by atoms with Crippen LogP contribution in [0.1, 0.15) is 37.8 Å². The summed E-state index contributed by atoms with van der Waals surface area (Å²) in [7, 11) is 0. The van der Waals surface area contributed by atoms with Gasteiger partial charge in [-0.2, -0.15) is 23.3 Å². The normalized spacial score (nSPS) is 12.7. The molecule has 0 fully saturated rings. The van der Waals surface area contributed by atoms with Gasteiger partial charge >= 0.3 is 30.2 Å². The predicted molar refractivity (Wildman–Crippen MR) is 139 cm³/mol. The van der Waals surface area contributed by atoms with E-state index in [-0.39, 0.29) is 51.3 Å². The number of halogens is 4. The zero-order valence-electron chi connectivity index (χ0n) is 19.0. The van der Waals surface area contributed by atoms with Crippen LogP contribution in [-0.2, 0) is 23.3 Å². The number of allylic oxidation sites excluding steroid dienone is 8. The summed E-state index contributed by atoms with van der Waals surface area (Å²) in [4.78, 5) is 0. The van der Waals surface area contributed by atoms with Gasteiger partial charge in [0.2, 0.25) is 0 Å². The van der Waals surface area contributed by atoms with Crippen molar-refractivity contribution >= 4 is 42.8 Å². The van der Waals surface area contributed by atoms with Crippen LogP contribution in [0.3, 0.4) is 0 Å². The molecule has 0 amide bonds. The van der Waals surface area contributed by atoms with Crippen molar-refractivity contribution in [2.24, 2.45) is 0 Å². The molecule has 0 aromatic heterocycles. The van der Waals surface area contributed by atoms with Gasteiger partial charge in [0, 0.05) is 0 Å². The fourth-order valence-corrected chi connectivity index (χ4v) is 3.04. The SMILES string of the molecule is CC1=[C-]CC=C1c1ccc(F)cc1.CC1=[C-]CC=C1c1ccc(F)cc1.Cl.Cl.[CH3-].[CH3-].[SiH2]=[Zr]. The van der Waals surface area contributed by atoms with Gasteiger partial charge < -0.3 is 14.9 Å². The Kier molecular flexibility index (Phi) is 20.4. The molecule has 0 heterocycles. The molecule has 0 saturated heterocycles. The average molecular weight is 571 g/mol. The van der Waals surface area contributed by atoms with Gasteiger partial charge in [-0.1, -0.05) is 38.1 Å². The van der Waals surface area contributed by atoms with Crippen molar-refractivity contribution in [2.45, 2.75) is 26.7 Å². The molecule has 2 aromatic rings. The second-order valence-corrected chi connectivity index (χ2v) is 6.26. The predicted octanol–water partition coefficient (Wildman–Crippen LogP) is 7.55. The van der Waals surface area contributed by atoms with Crippen molar-refractivity contribution in [3.05, 3.63) is 122 Å². The molecule has 0 aliphatic heterocycles. The maximum atomic E-state index is 12.6. The summed E-state index contributed by atoms with van der Waals surface area (Å²) in [5.41, 5.74) is 6.83. The standard InChI is InChI=1S/2C12H10F.2CH3.2ClH.H2Si.Zr/c2*1-9-3-2-4-12(9)10-5-7-11(13)8-6-10;;;;;;/h2*4-8H,2H2,1H3;2*1H3;2*1H;1H2;/q4*-1;;;;. The summed E-state index contributed by atoms with van der Waals surface area (Å²) in [6.07, 6.45) is 12.4. The van der Waals surface area contributed by atoms with Crippen LogP contribution in [0.2, 0.25) is 0 Å². The quantitative estimate of drug-likeness (QED) is 0.258. The van der Waals surface area contributed by atoms with E-state index in [1.807, 2.05) is 20.7 Å². The molecule has 0 unspecified atom stereocenters. The van der Waals surface area contributed by atoms with Crippen LogP contribution in [0, 0.1) is 38.6 Å². The van der Waals surface area contributed by atoms with Crippen LogP contribution >= 0.6 is 24.8 Å². The molecule has 2 aliphatic rings. The number of rotatable bonds is 2. The van der Waals surface area contributed by atoms with E-state index in [1.165, 1.54) is 35.4 Å². The molecule has 2 aliphatic carbocycles. The van der Waals surface area contributed by atoms with Crippen molar-refractivity contribution in [1.82, 2.24) is 0 Å². The van der Waals surface area contributed by atoms with Crippen LogP contribution < -0.4 is 0 Å². The Morgan fingerprint density at radius 3 is 1.16 bits per heavy atom. The van der Waals surface area contributed by atoms with E-state index in [0.717, 1.165) is 35.1 Å². The number of benzene rings is 2. The molecule has 0 spiro atoms. The van der Waals surface area contributed by atoms with Crippen LogP contribution in [0.5, 0.6) is 0 Å². The summed E-state index contributed by atoms with van der Waals surface area (Å²) in [6, 6.07) is 13.2. The molecular weight excluding hydrogens is 540 g/mol. The molecular formula is C26H30Cl2F2SiZr-4. The topological polar surface area (TPSA) is 0 Å². The Morgan fingerprint density at radius 1 is 0.656 bits per heavy atom. The maximum absolute atomic E-state index is 12.6. The third-order valence-electron chi connectivity index (χ3n) is 4.47. The third kappa shape index (κ3) is 10.3. The van der Waals surface area contributed by atoms with Gasteiger partial charge in [0.25, 0.3) is 0 Å². The van der Waals surface area contributed by atoms with Crippen molar-refractivity contribution in [3.8, 4) is 0 Å². The molecule has 0 atom stereocenters. The molecule has 0 radical (unpaired) electrons. The van der Waals surface area contributed by atoms with Gasteiger partial charge in [0.05, 0.1) is 0 Å². The first-order chi connectivity index (χ1) is 13.5. The molecule has 0 bridgehead atoms. The van der Waals surface area contributed by atoms with Gasteiger partial charge in [-0.3, -0.25) is 12.2 Å². The second-order valence-electron chi connectivity index (χ2n) is 6.26. The zero-order chi connectivity index (χ0) is 20.5. The van der Waals surface area contributed by atoms with Crippen molar-refractivity contribution in [1.29, 1.82) is 0 Å². The molecule has 2 aromatic carbocycles. The molecule has 0 saturated carbocycles. The first-order valence-electron chi connectivity index (χ1n) is 8.98. The Morgan fingerprint density at radius 2 is 0.938 bits per heavy atom. The van der Waals surface area contributed by atoms with Crippen LogP contribution in [0.4, 0.5) is 8.78 Å². The van der Waals surface area contributed by atoms with Crippen molar-refractivity contribution in [2.75, 3.05) is 0 Å². The molecule has 4 rings (SSSR count). The molecule has 6 heteroatoms. The fraction of sp³-hybridized carbons (Fsp3) is 0.154. The van der Waals surface area contributed by atoms with Crippen LogP contribution in [0.25, 0.3) is 11.1 Å². The molecule has 0 nitrogen and oxygen atoms in total. The molecule has 0 N–H and O–H groups in total. The van der Waals surface area contributed by atoms with Gasteiger partial charge in [0.1, 0.15) is 11.6 Å². The summed E-state index contributed by atoms with van der Waals surface area (Å²) in [6.45, 7) is 6.01. The third-order valence-corrected chi connectivity index (χ3v) is 4.47. The first-order valence-corrected chi connectivity index (χ1v) is 14.9. The summed E-state index contributed by atoms with van der Waals surface area (Å²) < 4.78 is 25.3. The Bertz CT molecular complexity index is 854. The minimum absolute atomic E-state index is 0. The van der Waals surface area contributed by atoms with E-state index in [0.29, 0.717) is 0 Å². The Labute approximate surface area is 222 Å². The molecule has 174 valence electrons. The minimum atomic E-state index is -0.187. The van der Waals surface area contributed by atoms with Gasteiger partial charge in [-0.05, 0) is 24.3 Å². The van der Waals surface area contributed by atoms with Crippen LogP contribution in [-0.4, -0.2) is 6.88 Å². The Hall–Kier alpha value is -1.06. The van der Waals surface area contributed by atoms with Crippen molar-refractivity contribution < 1.29 is 32.1 Å². The second kappa shape index (κ2) is 18.4. The number of hydrogen-bond donors (Lipinski definition) is 0. The van der Waals surface area contributed by atoms with Gasteiger partial charge in [-0.15, -0.1) is 48.8 Å². The van der Waals surface area contributed by atoms with E-state index in [1.54, 1.807) is 47.6 Å². The Balaban J connectivity index is -0.000000437. The van der Waals surface area contributed by atoms with E-state index in [4.69, 9.17) is 0 Å². The van der Waals surface area contributed by atoms with Gasteiger partial charge in [-0.25, -0.2) is 19.9 Å². The van der Waals surface area contributed by atoms with Crippen LogP contribution in [0.15, 0.2) is 71.8 Å². The van der Waals surface area contributed by atoms with E-state index < -0.39 is 0 Å². The average Bonchev–Trinajstić information content (AvgIpc) is 3.34. The zero-order valence-corrected chi connectivity index (χ0v) is 24.5. The monoisotopic (exact) mass is 568 g/mol. The first kappa shape index (κ1) is 35.5.